The fourth-order valence-electron chi connectivity index (χ4n) is 3.19. The Balaban J connectivity index is 1.53. The van der Waals surface area contributed by atoms with Gasteiger partial charge in [0.15, 0.2) is 0 Å². The first-order chi connectivity index (χ1) is 11.4. The lowest BCUT2D eigenvalue weighted by Gasteiger charge is -2.34. The average molecular weight is 332 g/mol. The van der Waals surface area contributed by atoms with Gasteiger partial charge in [-0.15, -0.1) is 10.2 Å². The summed E-state index contributed by atoms with van der Waals surface area (Å²) in [5.74, 6) is 2.62. The zero-order valence-electron chi connectivity index (χ0n) is 14.6. The Morgan fingerprint density at radius 1 is 1.25 bits per heavy atom. The first-order valence-electron chi connectivity index (χ1n) is 8.36. The van der Waals surface area contributed by atoms with Crippen LogP contribution in [0.25, 0.3) is 0 Å². The topological polar surface area (TPSA) is 84.4 Å². The van der Waals surface area contributed by atoms with Crippen LogP contribution in [0, 0.1) is 20.8 Å². The van der Waals surface area contributed by atoms with Crippen LogP contribution in [0.3, 0.4) is 0 Å². The number of hydrogen-bond acceptors (Lipinski definition) is 6. The first-order valence-corrected chi connectivity index (χ1v) is 8.36. The number of piperidine rings is 1. The fourth-order valence-corrected chi connectivity index (χ4v) is 3.19. The molecule has 1 saturated heterocycles. The molecule has 7 heteroatoms. The molecule has 1 aliphatic rings. The predicted octanol–water partition coefficient (Wildman–Crippen LogP) is 2.54. The third-order valence-corrected chi connectivity index (χ3v) is 4.60. The van der Waals surface area contributed by atoms with Crippen molar-refractivity contribution < 1.29 is 13.6 Å². The summed E-state index contributed by atoms with van der Waals surface area (Å²) in [4.78, 5) is 14.7. The highest BCUT2D eigenvalue weighted by Gasteiger charge is 2.27. The molecule has 0 aromatic carbocycles. The Hall–Kier alpha value is -2.15. The number of furan rings is 1. The molecule has 3 heterocycles. The third-order valence-electron chi connectivity index (χ3n) is 4.60. The maximum Gasteiger partial charge on any atom is 0.255 e. The van der Waals surface area contributed by atoms with Crippen LogP contribution in [0.2, 0.25) is 0 Å². The lowest BCUT2D eigenvalue weighted by molar-refractivity contribution is 0.0883. The molecule has 1 fully saturated rings. The standard InChI is InChI=1S/C17H24N4O3/c1-10-9-15(12(3)23-10)16(22)18-14-5-7-21(8-6-14)11(2)17-20-19-13(4)24-17/h9,11,14H,5-8H2,1-4H3,(H,18,22). The van der Waals surface area contributed by atoms with E-state index in [1.807, 2.05) is 13.8 Å². The van der Waals surface area contributed by atoms with Crippen LogP contribution in [-0.2, 0) is 0 Å². The molecular weight excluding hydrogens is 308 g/mol. The van der Waals surface area contributed by atoms with E-state index in [-0.39, 0.29) is 18.0 Å². The summed E-state index contributed by atoms with van der Waals surface area (Å²) >= 11 is 0. The van der Waals surface area contributed by atoms with Gasteiger partial charge in [-0.3, -0.25) is 9.69 Å². The highest BCUT2D eigenvalue weighted by molar-refractivity contribution is 5.95. The van der Waals surface area contributed by atoms with Gasteiger partial charge in [-0.2, -0.15) is 0 Å². The Labute approximate surface area is 141 Å². The van der Waals surface area contributed by atoms with Gasteiger partial charge >= 0.3 is 0 Å². The molecule has 0 bridgehead atoms. The predicted molar refractivity (Wildman–Crippen MR) is 87.7 cm³/mol. The zero-order valence-corrected chi connectivity index (χ0v) is 14.6. The molecule has 1 atom stereocenters. The second-order valence-electron chi connectivity index (χ2n) is 6.45. The first kappa shape index (κ1) is 16.7. The number of likely N-dealkylation sites (tertiary alicyclic amines) is 1. The summed E-state index contributed by atoms with van der Waals surface area (Å²) in [6.07, 6.45) is 1.80. The third kappa shape index (κ3) is 3.51. The van der Waals surface area contributed by atoms with Gasteiger partial charge < -0.3 is 14.2 Å². The molecule has 3 rings (SSSR count). The maximum absolute atomic E-state index is 12.4. The molecular formula is C17H24N4O3. The number of amides is 1. The van der Waals surface area contributed by atoms with Crippen molar-refractivity contribution in [2.45, 2.75) is 52.6 Å². The van der Waals surface area contributed by atoms with Crippen molar-refractivity contribution in [3.05, 3.63) is 34.9 Å². The minimum atomic E-state index is -0.0524. The van der Waals surface area contributed by atoms with E-state index >= 15 is 0 Å². The van der Waals surface area contributed by atoms with E-state index in [9.17, 15) is 4.79 Å². The summed E-state index contributed by atoms with van der Waals surface area (Å²) < 4.78 is 11.0. The van der Waals surface area contributed by atoms with Gasteiger partial charge in [0.2, 0.25) is 11.8 Å². The van der Waals surface area contributed by atoms with Crippen LogP contribution in [0.15, 0.2) is 14.9 Å². The van der Waals surface area contributed by atoms with E-state index in [4.69, 9.17) is 8.83 Å². The van der Waals surface area contributed by atoms with Crippen molar-refractivity contribution in [1.82, 2.24) is 20.4 Å². The molecule has 1 unspecified atom stereocenters. The van der Waals surface area contributed by atoms with Gasteiger partial charge in [0.05, 0.1) is 11.6 Å². The van der Waals surface area contributed by atoms with Crippen LogP contribution in [0.4, 0.5) is 0 Å². The van der Waals surface area contributed by atoms with Crippen molar-refractivity contribution >= 4 is 5.91 Å². The molecule has 0 radical (unpaired) electrons. The van der Waals surface area contributed by atoms with E-state index in [2.05, 4.69) is 27.3 Å². The number of aromatic nitrogens is 2. The number of rotatable bonds is 4. The minimum Gasteiger partial charge on any atom is -0.466 e. The quantitative estimate of drug-likeness (QED) is 0.926. The van der Waals surface area contributed by atoms with Gasteiger partial charge in [0.25, 0.3) is 5.91 Å². The van der Waals surface area contributed by atoms with Crippen molar-refractivity contribution in [2.24, 2.45) is 0 Å². The molecule has 1 aliphatic heterocycles. The SMILES string of the molecule is Cc1cc(C(=O)NC2CCN(C(C)c3nnc(C)o3)CC2)c(C)o1. The normalized spacial score (nSPS) is 17.8. The average Bonchev–Trinajstić information content (AvgIpc) is 3.12. The number of aryl methyl sites for hydroxylation is 3. The van der Waals surface area contributed by atoms with E-state index in [0.29, 0.717) is 23.1 Å². The molecule has 1 amide bonds. The lowest BCUT2D eigenvalue weighted by atomic mass is 10.0. The monoisotopic (exact) mass is 332 g/mol. The zero-order chi connectivity index (χ0) is 17.3. The number of hydrogen-bond donors (Lipinski definition) is 1. The molecule has 24 heavy (non-hydrogen) atoms. The number of carbonyl (C=O) groups is 1. The largest absolute Gasteiger partial charge is 0.466 e. The number of nitrogens with zero attached hydrogens (tertiary/aromatic N) is 3. The van der Waals surface area contributed by atoms with Crippen molar-refractivity contribution in [2.75, 3.05) is 13.1 Å². The van der Waals surface area contributed by atoms with Crippen LogP contribution in [0.5, 0.6) is 0 Å². The lowest BCUT2D eigenvalue weighted by Crippen LogP contribution is -2.45. The van der Waals surface area contributed by atoms with E-state index in [1.165, 1.54) is 0 Å². The molecule has 7 nitrogen and oxygen atoms in total. The Morgan fingerprint density at radius 3 is 2.50 bits per heavy atom. The molecule has 0 aliphatic carbocycles. The van der Waals surface area contributed by atoms with Gasteiger partial charge in [0, 0.05) is 26.1 Å². The van der Waals surface area contributed by atoms with Crippen LogP contribution >= 0.6 is 0 Å². The van der Waals surface area contributed by atoms with E-state index < -0.39 is 0 Å². The van der Waals surface area contributed by atoms with Gasteiger partial charge in [0.1, 0.15) is 11.5 Å². The maximum atomic E-state index is 12.4. The molecule has 0 saturated carbocycles. The van der Waals surface area contributed by atoms with Crippen LogP contribution in [0.1, 0.15) is 59.5 Å². The summed E-state index contributed by atoms with van der Waals surface area (Å²) in [7, 11) is 0. The van der Waals surface area contributed by atoms with Crippen molar-refractivity contribution in [1.29, 1.82) is 0 Å². The minimum absolute atomic E-state index is 0.0524. The van der Waals surface area contributed by atoms with Gasteiger partial charge in [-0.05, 0) is 39.7 Å². The molecule has 0 spiro atoms. The second-order valence-corrected chi connectivity index (χ2v) is 6.45. The van der Waals surface area contributed by atoms with Crippen LogP contribution in [-0.4, -0.2) is 40.1 Å². The van der Waals surface area contributed by atoms with Gasteiger partial charge in [-0.25, -0.2) is 0 Å². The highest BCUT2D eigenvalue weighted by atomic mass is 16.4. The van der Waals surface area contributed by atoms with E-state index in [0.717, 1.165) is 31.7 Å². The smallest absolute Gasteiger partial charge is 0.255 e. The van der Waals surface area contributed by atoms with Crippen molar-refractivity contribution in [3.63, 3.8) is 0 Å². The highest BCUT2D eigenvalue weighted by Crippen LogP contribution is 2.23. The number of carbonyl (C=O) groups excluding carboxylic acids is 1. The fraction of sp³-hybridized carbons (Fsp3) is 0.588. The molecule has 2 aromatic heterocycles. The Morgan fingerprint density at radius 2 is 1.96 bits per heavy atom. The summed E-state index contributed by atoms with van der Waals surface area (Å²) in [5.41, 5.74) is 0.629. The number of nitrogens with one attached hydrogen (secondary N) is 1. The Bertz CT molecular complexity index is 713. The van der Waals surface area contributed by atoms with Crippen LogP contribution < -0.4 is 5.32 Å². The van der Waals surface area contributed by atoms with Crippen molar-refractivity contribution in [3.8, 4) is 0 Å². The Kier molecular flexibility index (Phi) is 4.71. The molecule has 1 N–H and O–H groups in total. The second kappa shape index (κ2) is 6.76. The molecule has 130 valence electrons. The van der Waals surface area contributed by atoms with E-state index in [1.54, 1.807) is 13.0 Å². The summed E-state index contributed by atoms with van der Waals surface area (Å²) in [5, 5.41) is 11.1. The van der Waals surface area contributed by atoms with Gasteiger partial charge in [-0.1, -0.05) is 0 Å². The molecule has 2 aromatic rings. The summed E-state index contributed by atoms with van der Waals surface area (Å²) in [6, 6.07) is 2.07. The summed E-state index contributed by atoms with van der Waals surface area (Å²) in [6.45, 7) is 9.31.